The molecule has 2 bridgehead atoms. The summed E-state index contributed by atoms with van der Waals surface area (Å²) in [6.45, 7) is 14.8. The molecule has 2 unspecified atom stereocenters. The monoisotopic (exact) mass is 300 g/mol. The smallest absolute Gasteiger partial charge is 0.00876 e. The molecule has 4 aliphatic carbocycles. The average Bonchev–Trinajstić information content (AvgIpc) is 2.65. The van der Waals surface area contributed by atoms with Gasteiger partial charge in [-0.3, -0.25) is 0 Å². The highest BCUT2D eigenvalue weighted by atomic mass is 14.7. The number of rotatable bonds is 1. The molecule has 0 heterocycles. The number of hydrogen-bond donors (Lipinski definition) is 0. The van der Waals surface area contributed by atoms with Crippen molar-refractivity contribution < 1.29 is 0 Å². The molecule has 22 heavy (non-hydrogen) atoms. The van der Waals surface area contributed by atoms with Crippen molar-refractivity contribution in [1.82, 2.24) is 0 Å². The maximum absolute atomic E-state index is 4.58. The van der Waals surface area contributed by atoms with Crippen LogP contribution < -0.4 is 0 Å². The Morgan fingerprint density at radius 1 is 1.00 bits per heavy atom. The quantitative estimate of drug-likeness (QED) is 0.469. The van der Waals surface area contributed by atoms with E-state index in [0.29, 0.717) is 21.7 Å². The highest BCUT2D eigenvalue weighted by Gasteiger charge is 2.65. The van der Waals surface area contributed by atoms with Gasteiger partial charge in [0.2, 0.25) is 0 Å². The summed E-state index contributed by atoms with van der Waals surface area (Å²) >= 11 is 0. The first kappa shape index (κ1) is 15.3. The predicted octanol–water partition coefficient (Wildman–Crippen LogP) is 6.76. The molecule has 124 valence electrons. The fraction of sp³-hybridized carbons (Fsp3) is 0.909. The van der Waals surface area contributed by atoms with Gasteiger partial charge >= 0.3 is 0 Å². The Labute approximate surface area is 138 Å². The van der Waals surface area contributed by atoms with Crippen LogP contribution >= 0.6 is 0 Å². The molecular formula is C22H36. The second-order valence-corrected chi connectivity index (χ2v) is 10.5. The summed E-state index contributed by atoms with van der Waals surface area (Å²) < 4.78 is 0. The first-order chi connectivity index (χ1) is 10.3. The van der Waals surface area contributed by atoms with E-state index in [1.54, 1.807) is 5.57 Å². The largest absolute Gasteiger partial charge is 0.0993 e. The lowest BCUT2D eigenvalue weighted by Gasteiger charge is -2.64. The lowest BCUT2D eigenvalue weighted by Crippen LogP contribution is -2.56. The molecule has 0 saturated heterocycles. The third-order valence-corrected chi connectivity index (χ3v) is 9.34. The van der Waals surface area contributed by atoms with E-state index in [-0.39, 0.29) is 0 Å². The van der Waals surface area contributed by atoms with Gasteiger partial charge in [0.05, 0.1) is 0 Å². The first-order valence-corrected chi connectivity index (χ1v) is 9.96. The van der Waals surface area contributed by atoms with Crippen LogP contribution in [0.3, 0.4) is 0 Å². The summed E-state index contributed by atoms with van der Waals surface area (Å²) in [6, 6.07) is 0. The molecule has 0 heteroatoms. The van der Waals surface area contributed by atoms with Gasteiger partial charge in [-0.25, -0.2) is 0 Å². The summed E-state index contributed by atoms with van der Waals surface area (Å²) in [4.78, 5) is 0. The van der Waals surface area contributed by atoms with Crippen molar-refractivity contribution in [3.63, 3.8) is 0 Å². The second-order valence-electron chi connectivity index (χ2n) is 10.5. The van der Waals surface area contributed by atoms with E-state index in [1.165, 1.54) is 64.2 Å². The Balaban J connectivity index is 1.74. The van der Waals surface area contributed by atoms with Crippen LogP contribution in [-0.4, -0.2) is 0 Å². The van der Waals surface area contributed by atoms with Crippen LogP contribution in [0, 0.1) is 33.5 Å². The first-order valence-electron chi connectivity index (χ1n) is 9.96. The van der Waals surface area contributed by atoms with E-state index < -0.39 is 0 Å². The van der Waals surface area contributed by atoms with Gasteiger partial charge in [-0.15, -0.1) is 0 Å². The highest BCUT2D eigenvalue weighted by Crippen LogP contribution is 2.75. The molecule has 0 aromatic heterocycles. The zero-order chi connectivity index (χ0) is 15.8. The Hall–Kier alpha value is -0.260. The van der Waals surface area contributed by atoms with Crippen LogP contribution in [0.4, 0.5) is 0 Å². The minimum absolute atomic E-state index is 0.532. The minimum Gasteiger partial charge on any atom is -0.0993 e. The number of allylic oxidation sites excluding steroid dienone is 1. The van der Waals surface area contributed by atoms with Crippen LogP contribution in [-0.2, 0) is 0 Å². The molecule has 0 aromatic carbocycles. The van der Waals surface area contributed by atoms with E-state index in [4.69, 9.17) is 0 Å². The van der Waals surface area contributed by atoms with Gasteiger partial charge in [-0.1, -0.05) is 46.3 Å². The third-order valence-electron chi connectivity index (χ3n) is 9.34. The Kier molecular flexibility index (Phi) is 3.07. The van der Waals surface area contributed by atoms with Crippen LogP contribution in [0.25, 0.3) is 0 Å². The summed E-state index contributed by atoms with van der Waals surface area (Å²) in [5.74, 6) is 1.95. The summed E-state index contributed by atoms with van der Waals surface area (Å²) in [5.41, 5.74) is 4.00. The average molecular weight is 301 g/mol. The Bertz CT molecular complexity index is 500. The van der Waals surface area contributed by atoms with Crippen molar-refractivity contribution in [2.75, 3.05) is 0 Å². The second kappa shape index (κ2) is 4.42. The maximum atomic E-state index is 4.58. The molecule has 0 aromatic rings. The molecule has 0 radical (unpaired) electrons. The minimum atomic E-state index is 0.532. The summed E-state index contributed by atoms with van der Waals surface area (Å²) in [7, 11) is 0. The topological polar surface area (TPSA) is 0 Å². The van der Waals surface area contributed by atoms with Crippen molar-refractivity contribution >= 4 is 0 Å². The van der Waals surface area contributed by atoms with E-state index >= 15 is 0 Å². The van der Waals surface area contributed by atoms with Crippen LogP contribution in [0.5, 0.6) is 0 Å². The lowest BCUT2D eigenvalue weighted by molar-refractivity contribution is -0.151. The third kappa shape index (κ3) is 1.71. The SMILES string of the molecule is C=C1C[C@@]23CCC4C(C)(C)CCC[C@@]4(C)C2CC[C@]1(CC)C3. The Morgan fingerprint density at radius 3 is 2.45 bits per heavy atom. The molecule has 4 fully saturated rings. The number of fused-ring (bicyclic) bond motifs is 3. The van der Waals surface area contributed by atoms with E-state index in [1.807, 2.05) is 0 Å². The fourth-order valence-electron chi connectivity index (χ4n) is 8.38. The molecule has 4 saturated carbocycles. The van der Waals surface area contributed by atoms with Crippen molar-refractivity contribution in [3.05, 3.63) is 12.2 Å². The standard InChI is InChI=1S/C22H36/c1-6-21-12-9-18-20(5)11-7-10-19(3,4)17(20)8-13-22(18,15-21)14-16(21)2/h17-18H,2,6-15H2,1,3-5H3/t17?,18?,20-,21-,22-/m1/s1. The normalized spacial score (nSPS) is 53.0. The van der Waals surface area contributed by atoms with Crippen molar-refractivity contribution in [2.24, 2.45) is 33.5 Å². The zero-order valence-corrected chi connectivity index (χ0v) is 15.4. The van der Waals surface area contributed by atoms with Gasteiger partial charge in [0.15, 0.2) is 0 Å². The van der Waals surface area contributed by atoms with Crippen molar-refractivity contribution in [3.8, 4) is 0 Å². The molecular weight excluding hydrogens is 264 g/mol. The molecule has 4 rings (SSSR count). The predicted molar refractivity (Wildman–Crippen MR) is 94.7 cm³/mol. The molecule has 0 N–H and O–H groups in total. The zero-order valence-electron chi connectivity index (χ0n) is 15.4. The van der Waals surface area contributed by atoms with Gasteiger partial charge in [0.25, 0.3) is 0 Å². The van der Waals surface area contributed by atoms with Gasteiger partial charge in [-0.2, -0.15) is 0 Å². The van der Waals surface area contributed by atoms with E-state index in [0.717, 1.165) is 11.8 Å². The fourth-order valence-corrected chi connectivity index (χ4v) is 8.38. The highest BCUT2D eigenvalue weighted by molar-refractivity contribution is 5.27. The summed E-state index contributed by atoms with van der Waals surface area (Å²) in [5, 5.41) is 0. The molecule has 0 aliphatic heterocycles. The summed E-state index contributed by atoms with van der Waals surface area (Å²) in [6.07, 6.45) is 14.6. The number of hydrogen-bond acceptors (Lipinski definition) is 0. The molecule has 0 nitrogen and oxygen atoms in total. The van der Waals surface area contributed by atoms with Crippen molar-refractivity contribution in [1.29, 1.82) is 0 Å². The van der Waals surface area contributed by atoms with Gasteiger partial charge in [0.1, 0.15) is 0 Å². The van der Waals surface area contributed by atoms with Gasteiger partial charge in [0, 0.05) is 0 Å². The van der Waals surface area contributed by atoms with Gasteiger partial charge in [-0.05, 0) is 91.3 Å². The van der Waals surface area contributed by atoms with Crippen LogP contribution in [0.2, 0.25) is 0 Å². The van der Waals surface area contributed by atoms with Crippen molar-refractivity contribution in [2.45, 2.75) is 91.9 Å². The lowest BCUT2D eigenvalue weighted by atomic mass is 9.40. The van der Waals surface area contributed by atoms with E-state index in [9.17, 15) is 0 Å². The molecule has 0 amide bonds. The van der Waals surface area contributed by atoms with Gasteiger partial charge < -0.3 is 0 Å². The van der Waals surface area contributed by atoms with Crippen LogP contribution in [0.1, 0.15) is 91.9 Å². The van der Waals surface area contributed by atoms with Crippen LogP contribution in [0.15, 0.2) is 12.2 Å². The molecule has 5 atom stereocenters. The Morgan fingerprint density at radius 2 is 1.73 bits per heavy atom. The maximum Gasteiger partial charge on any atom is -0.00876 e. The molecule has 1 spiro atoms. The molecule has 4 aliphatic rings. The van der Waals surface area contributed by atoms with E-state index in [2.05, 4.69) is 34.3 Å².